The normalized spacial score (nSPS) is 20.2. The number of allylic oxidation sites excluding steroid dienone is 2. The minimum absolute atomic E-state index is 0.0411. The standard InChI is InChI=1S/C11H15F3O5S/c1-2-18-10(15)7-8-3-5-9(6-4-8)19-20(16,17)11(12,13)14/h5,8H,2-4,6-7H2,1H3/t8-/m1/s1. The summed E-state index contributed by atoms with van der Waals surface area (Å²) >= 11 is 0. The van der Waals surface area contributed by atoms with Crippen LogP contribution in [0, 0.1) is 5.92 Å². The van der Waals surface area contributed by atoms with Gasteiger partial charge < -0.3 is 8.92 Å². The van der Waals surface area contributed by atoms with Crippen LogP contribution < -0.4 is 0 Å². The highest BCUT2D eigenvalue weighted by Gasteiger charge is 2.48. The maximum atomic E-state index is 12.1. The van der Waals surface area contributed by atoms with Gasteiger partial charge in [0.25, 0.3) is 0 Å². The van der Waals surface area contributed by atoms with Gasteiger partial charge in [0.15, 0.2) is 0 Å². The van der Waals surface area contributed by atoms with Gasteiger partial charge in [-0.3, -0.25) is 4.79 Å². The van der Waals surface area contributed by atoms with Gasteiger partial charge in [-0.2, -0.15) is 21.6 Å². The highest BCUT2D eigenvalue weighted by molar-refractivity contribution is 7.87. The Labute approximate surface area is 114 Å². The average Bonchev–Trinajstić information content (AvgIpc) is 2.30. The molecule has 0 aromatic rings. The molecule has 0 radical (unpaired) electrons. The van der Waals surface area contributed by atoms with Gasteiger partial charge in [-0.25, -0.2) is 0 Å². The van der Waals surface area contributed by atoms with E-state index in [1.54, 1.807) is 6.92 Å². The molecule has 0 aromatic heterocycles. The Kier molecular flexibility index (Phi) is 5.43. The third-order valence-electron chi connectivity index (χ3n) is 2.74. The quantitative estimate of drug-likeness (QED) is 0.443. The van der Waals surface area contributed by atoms with Crippen molar-refractivity contribution in [2.75, 3.05) is 6.61 Å². The second kappa shape index (κ2) is 6.47. The van der Waals surface area contributed by atoms with Crippen LogP contribution in [0.3, 0.4) is 0 Å². The zero-order valence-corrected chi connectivity index (χ0v) is 11.6. The molecular weight excluding hydrogens is 301 g/mol. The average molecular weight is 316 g/mol. The molecule has 1 rings (SSSR count). The summed E-state index contributed by atoms with van der Waals surface area (Å²) in [5, 5.41) is 0. The van der Waals surface area contributed by atoms with E-state index in [-0.39, 0.29) is 43.5 Å². The van der Waals surface area contributed by atoms with Gasteiger partial charge in [0.1, 0.15) is 5.76 Å². The lowest BCUT2D eigenvalue weighted by Gasteiger charge is -2.21. The van der Waals surface area contributed by atoms with Crippen LogP contribution in [0.15, 0.2) is 11.8 Å². The molecule has 0 N–H and O–H groups in total. The number of halogens is 3. The van der Waals surface area contributed by atoms with Crippen LogP contribution in [0.2, 0.25) is 0 Å². The molecule has 0 aliphatic heterocycles. The smallest absolute Gasteiger partial charge is 0.466 e. The summed E-state index contributed by atoms with van der Waals surface area (Å²) in [5.41, 5.74) is -5.43. The van der Waals surface area contributed by atoms with Gasteiger partial charge in [-0.1, -0.05) is 0 Å². The van der Waals surface area contributed by atoms with Crippen LogP contribution in [0.1, 0.15) is 32.6 Å². The van der Waals surface area contributed by atoms with Crippen molar-refractivity contribution in [3.63, 3.8) is 0 Å². The highest BCUT2D eigenvalue weighted by Crippen LogP contribution is 2.32. The Morgan fingerprint density at radius 1 is 1.45 bits per heavy atom. The molecule has 0 aromatic carbocycles. The van der Waals surface area contributed by atoms with E-state index in [0.29, 0.717) is 6.42 Å². The van der Waals surface area contributed by atoms with Gasteiger partial charge in [-0.05, 0) is 31.8 Å². The minimum atomic E-state index is -5.61. The number of esters is 1. The molecule has 0 amide bonds. The van der Waals surface area contributed by atoms with Crippen LogP contribution >= 0.6 is 0 Å². The van der Waals surface area contributed by atoms with Crippen LogP contribution in [0.5, 0.6) is 0 Å². The van der Waals surface area contributed by atoms with Crippen molar-refractivity contribution in [2.24, 2.45) is 5.92 Å². The maximum absolute atomic E-state index is 12.1. The fraction of sp³-hybridized carbons (Fsp3) is 0.727. The molecule has 0 spiro atoms. The number of carbonyl (C=O) groups is 1. The predicted molar refractivity (Wildman–Crippen MR) is 62.7 cm³/mol. The van der Waals surface area contributed by atoms with Gasteiger partial charge in [0, 0.05) is 12.8 Å². The molecule has 0 bridgehead atoms. The first-order valence-electron chi connectivity index (χ1n) is 6.01. The van der Waals surface area contributed by atoms with E-state index in [9.17, 15) is 26.4 Å². The van der Waals surface area contributed by atoms with Crippen molar-refractivity contribution in [3.8, 4) is 0 Å². The Hall–Kier alpha value is -1.25. The van der Waals surface area contributed by atoms with Crippen molar-refractivity contribution in [2.45, 2.75) is 38.1 Å². The predicted octanol–water partition coefficient (Wildman–Crippen LogP) is 2.49. The van der Waals surface area contributed by atoms with Crippen LogP contribution in [0.25, 0.3) is 0 Å². The number of rotatable bonds is 5. The van der Waals surface area contributed by atoms with E-state index >= 15 is 0 Å². The van der Waals surface area contributed by atoms with E-state index in [1.807, 2.05) is 0 Å². The number of ether oxygens (including phenoxy) is 1. The Balaban J connectivity index is 2.55. The van der Waals surface area contributed by atoms with Gasteiger partial charge in [0.2, 0.25) is 0 Å². The Morgan fingerprint density at radius 3 is 2.55 bits per heavy atom. The monoisotopic (exact) mass is 316 g/mol. The number of alkyl halides is 3. The molecule has 116 valence electrons. The molecule has 5 nitrogen and oxygen atoms in total. The molecule has 1 atom stereocenters. The number of carbonyl (C=O) groups excluding carboxylic acids is 1. The summed E-state index contributed by atoms with van der Waals surface area (Å²) in [5.74, 6) is -0.685. The fourth-order valence-corrected chi connectivity index (χ4v) is 2.30. The topological polar surface area (TPSA) is 69.7 Å². The van der Waals surface area contributed by atoms with Crippen LogP contribution in [0.4, 0.5) is 13.2 Å². The SMILES string of the molecule is CCOC(=O)C[C@@H]1CC=C(OS(=O)(=O)C(F)(F)F)CC1. The minimum Gasteiger partial charge on any atom is -0.466 e. The Bertz CT molecular complexity index is 481. The lowest BCUT2D eigenvalue weighted by Crippen LogP contribution is -2.26. The summed E-state index contributed by atoms with van der Waals surface area (Å²) in [6.07, 6.45) is 2.12. The van der Waals surface area contributed by atoms with Crippen molar-refractivity contribution >= 4 is 16.1 Å². The molecular formula is C11H15F3O5S. The molecule has 0 saturated carbocycles. The molecule has 0 saturated heterocycles. The van der Waals surface area contributed by atoms with E-state index in [0.717, 1.165) is 0 Å². The first-order valence-corrected chi connectivity index (χ1v) is 7.42. The van der Waals surface area contributed by atoms with Crippen molar-refractivity contribution in [1.29, 1.82) is 0 Å². The largest absolute Gasteiger partial charge is 0.534 e. The van der Waals surface area contributed by atoms with E-state index in [1.165, 1.54) is 6.08 Å². The molecule has 9 heteroatoms. The fourth-order valence-electron chi connectivity index (χ4n) is 1.77. The number of hydrogen-bond donors (Lipinski definition) is 0. The second-order valence-electron chi connectivity index (χ2n) is 4.30. The first kappa shape index (κ1) is 16.8. The van der Waals surface area contributed by atoms with E-state index in [4.69, 9.17) is 4.74 Å². The van der Waals surface area contributed by atoms with E-state index < -0.39 is 15.6 Å². The van der Waals surface area contributed by atoms with Gasteiger partial charge in [0.05, 0.1) is 6.61 Å². The van der Waals surface area contributed by atoms with Gasteiger partial charge in [-0.15, -0.1) is 0 Å². The summed E-state index contributed by atoms with van der Waals surface area (Å²) in [4.78, 5) is 11.2. The maximum Gasteiger partial charge on any atom is 0.534 e. The third-order valence-corrected chi connectivity index (χ3v) is 3.74. The Morgan fingerprint density at radius 2 is 2.10 bits per heavy atom. The number of hydrogen-bond acceptors (Lipinski definition) is 5. The zero-order valence-electron chi connectivity index (χ0n) is 10.8. The molecule has 20 heavy (non-hydrogen) atoms. The summed E-state index contributed by atoms with van der Waals surface area (Å²) in [7, 11) is -5.61. The highest BCUT2D eigenvalue weighted by atomic mass is 32.2. The van der Waals surface area contributed by atoms with Crippen LogP contribution in [-0.4, -0.2) is 26.5 Å². The lowest BCUT2D eigenvalue weighted by molar-refractivity contribution is -0.144. The molecule has 1 aliphatic rings. The van der Waals surface area contributed by atoms with Crippen molar-refractivity contribution < 1.29 is 35.3 Å². The molecule has 0 fully saturated rings. The second-order valence-corrected chi connectivity index (χ2v) is 5.84. The van der Waals surface area contributed by atoms with E-state index in [2.05, 4.69) is 4.18 Å². The zero-order chi connectivity index (χ0) is 15.4. The summed E-state index contributed by atoms with van der Waals surface area (Å²) in [6.45, 7) is 1.94. The summed E-state index contributed by atoms with van der Waals surface area (Å²) in [6, 6.07) is 0. The van der Waals surface area contributed by atoms with Crippen molar-refractivity contribution in [3.05, 3.63) is 11.8 Å². The third kappa shape index (κ3) is 4.69. The van der Waals surface area contributed by atoms with Crippen LogP contribution in [-0.2, 0) is 23.8 Å². The molecule has 0 unspecified atom stereocenters. The first-order chi connectivity index (χ1) is 9.15. The van der Waals surface area contributed by atoms with Crippen molar-refractivity contribution in [1.82, 2.24) is 0 Å². The molecule has 1 aliphatic carbocycles. The lowest BCUT2D eigenvalue weighted by atomic mass is 9.91. The summed E-state index contributed by atoms with van der Waals surface area (Å²) < 4.78 is 66.8. The van der Waals surface area contributed by atoms with Gasteiger partial charge >= 0.3 is 21.6 Å². The molecule has 0 heterocycles.